The second-order valence-corrected chi connectivity index (χ2v) is 5.25. The Bertz CT molecular complexity index is 414. The molecule has 1 saturated carbocycles. The van der Waals surface area contributed by atoms with Crippen LogP contribution in [0.15, 0.2) is 30.3 Å². The third-order valence-electron chi connectivity index (χ3n) is 3.66. The molecule has 1 unspecified atom stereocenters. The highest BCUT2D eigenvalue weighted by Crippen LogP contribution is 2.32. The van der Waals surface area contributed by atoms with Crippen molar-refractivity contribution in [2.24, 2.45) is 5.92 Å². The van der Waals surface area contributed by atoms with E-state index in [1.54, 1.807) is 0 Å². The van der Waals surface area contributed by atoms with Crippen molar-refractivity contribution < 1.29 is 9.53 Å². The smallest absolute Gasteiger partial charge is 0.225 e. The summed E-state index contributed by atoms with van der Waals surface area (Å²) in [5, 5.41) is 0. The molecule has 1 amide bonds. The lowest BCUT2D eigenvalue weighted by atomic mass is 10.1. The number of carbonyl (C=O) groups is 1. The number of hydrogen-bond acceptors (Lipinski definition) is 2. The first-order valence-corrected chi connectivity index (χ1v) is 6.83. The molecule has 0 aromatic heterocycles. The normalized spacial score (nSPS) is 23.8. The minimum Gasteiger partial charge on any atom is -0.489 e. The first-order chi connectivity index (χ1) is 8.83. The van der Waals surface area contributed by atoms with Gasteiger partial charge in [-0.1, -0.05) is 18.2 Å². The maximum Gasteiger partial charge on any atom is 0.225 e. The largest absolute Gasteiger partial charge is 0.489 e. The first-order valence-electron chi connectivity index (χ1n) is 6.83. The van der Waals surface area contributed by atoms with Gasteiger partial charge in [0.2, 0.25) is 5.91 Å². The molecule has 0 radical (unpaired) electrons. The standard InChI is InChI=1S/C15H19NO2/c17-15(12-8-9-12)16-10-4-7-14(11-16)18-13-5-2-1-3-6-13/h1-3,5-6,12,14H,4,7-11H2. The zero-order chi connectivity index (χ0) is 12.4. The van der Waals surface area contributed by atoms with E-state index in [0.29, 0.717) is 11.8 Å². The van der Waals surface area contributed by atoms with Crippen molar-refractivity contribution in [3.05, 3.63) is 30.3 Å². The van der Waals surface area contributed by atoms with Crippen LogP contribution in [0.5, 0.6) is 5.75 Å². The van der Waals surface area contributed by atoms with Crippen LogP contribution in [-0.4, -0.2) is 30.0 Å². The highest BCUT2D eigenvalue weighted by molar-refractivity contribution is 5.81. The van der Waals surface area contributed by atoms with Crippen LogP contribution in [0.1, 0.15) is 25.7 Å². The molecule has 3 heteroatoms. The van der Waals surface area contributed by atoms with E-state index in [2.05, 4.69) is 0 Å². The molecule has 1 saturated heterocycles. The van der Waals surface area contributed by atoms with Crippen molar-refractivity contribution in [2.75, 3.05) is 13.1 Å². The van der Waals surface area contributed by atoms with Gasteiger partial charge in [-0.15, -0.1) is 0 Å². The fourth-order valence-electron chi connectivity index (χ4n) is 2.51. The average molecular weight is 245 g/mol. The van der Waals surface area contributed by atoms with Crippen molar-refractivity contribution >= 4 is 5.91 Å². The Morgan fingerprint density at radius 1 is 1.17 bits per heavy atom. The molecular weight excluding hydrogens is 226 g/mol. The molecule has 1 aromatic rings. The lowest BCUT2D eigenvalue weighted by Gasteiger charge is -2.33. The van der Waals surface area contributed by atoms with E-state index in [4.69, 9.17) is 4.74 Å². The van der Waals surface area contributed by atoms with Crippen LogP contribution in [0, 0.1) is 5.92 Å². The number of para-hydroxylation sites is 1. The number of rotatable bonds is 3. The van der Waals surface area contributed by atoms with Crippen LogP contribution in [0.3, 0.4) is 0 Å². The molecule has 1 atom stereocenters. The Morgan fingerprint density at radius 3 is 2.67 bits per heavy atom. The Hall–Kier alpha value is -1.51. The minimum atomic E-state index is 0.156. The van der Waals surface area contributed by atoms with Crippen LogP contribution in [0.4, 0.5) is 0 Å². The van der Waals surface area contributed by atoms with Gasteiger partial charge in [-0.3, -0.25) is 4.79 Å². The molecule has 3 nitrogen and oxygen atoms in total. The van der Waals surface area contributed by atoms with E-state index in [-0.39, 0.29) is 6.10 Å². The number of likely N-dealkylation sites (tertiary alicyclic amines) is 1. The first kappa shape index (κ1) is 11.6. The topological polar surface area (TPSA) is 29.5 Å². The monoisotopic (exact) mass is 245 g/mol. The van der Waals surface area contributed by atoms with E-state index in [9.17, 15) is 4.79 Å². The molecule has 2 fully saturated rings. The summed E-state index contributed by atoms with van der Waals surface area (Å²) in [5.74, 6) is 1.57. The van der Waals surface area contributed by atoms with Gasteiger partial charge in [0, 0.05) is 12.5 Å². The summed E-state index contributed by atoms with van der Waals surface area (Å²) < 4.78 is 5.94. The number of ether oxygens (including phenoxy) is 1. The van der Waals surface area contributed by atoms with Crippen molar-refractivity contribution in [1.82, 2.24) is 4.90 Å². The number of hydrogen-bond donors (Lipinski definition) is 0. The number of carbonyl (C=O) groups excluding carboxylic acids is 1. The molecule has 2 aliphatic rings. The molecule has 0 bridgehead atoms. The zero-order valence-corrected chi connectivity index (χ0v) is 10.5. The van der Waals surface area contributed by atoms with E-state index in [1.807, 2.05) is 35.2 Å². The van der Waals surface area contributed by atoms with E-state index in [1.165, 1.54) is 0 Å². The molecule has 1 aliphatic heterocycles. The average Bonchev–Trinajstić information content (AvgIpc) is 3.24. The van der Waals surface area contributed by atoms with Gasteiger partial charge in [0.15, 0.2) is 0 Å². The lowest BCUT2D eigenvalue weighted by Crippen LogP contribution is -2.45. The van der Waals surface area contributed by atoms with E-state index in [0.717, 1.165) is 44.5 Å². The summed E-state index contributed by atoms with van der Waals surface area (Å²) in [6, 6.07) is 9.89. The molecule has 1 aromatic carbocycles. The highest BCUT2D eigenvalue weighted by atomic mass is 16.5. The second-order valence-electron chi connectivity index (χ2n) is 5.25. The zero-order valence-electron chi connectivity index (χ0n) is 10.5. The lowest BCUT2D eigenvalue weighted by molar-refractivity contribution is -0.135. The summed E-state index contributed by atoms with van der Waals surface area (Å²) in [5.41, 5.74) is 0. The number of piperidine rings is 1. The third-order valence-corrected chi connectivity index (χ3v) is 3.66. The van der Waals surface area contributed by atoms with Gasteiger partial charge >= 0.3 is 0 Å². The van der Waals surface area contributed by atoms with Crippen LogP contribution in [0.2, 0.25) is 0 Å². The summed E-state index contributed by atoms with van der Waals surface area (Å²) in [6.07, 6.45) is 4.42. The van der Waals surface area contributed by atoms with Crippen LogP contribution in [0.25, 0.3) is 0 Å². The van der Waals surface area contributed by atoms with Crippen molar-refractivity contribution in [2.45, 2.75) is 31.8 Å². The predicted octanol–water partition coefficient (Wildman–Crippen LogP) is 2.47. The van der Waals surface area contributed by atoms with Gasteiger partial charge in [0.05, 0.1) is 6.54 Å². The third kappa shape index (κ3) is 2.66. The van der Waals surface area contributed by atoms with E-state index < -0.39 is 0 Å². The summed E-state index contributed by atoms with van der Waals surface area (Å²) in [6.45, 7) is 1.66. The quantitative estimate of drug-likeness (QED) is 0.818. The fraction of sp³-hybridized carbons (Fsp3) is 0.533. The van der Waals surface area contributed by atoms with Crippen molar-refractivity contribution in [1.29, 1.82) is 0 Å². The second kappa shape index (κ2) is 5.01. The summed E-state index contributed by atoms with van der Waals surface area (Å²) in [4.78, 5) is 14.0. The van der Waals surface area contributed by atoms with Gasteiger partial charge in [-0.2, -0.15) is 0 Å². The molecule has 0 N–H and O–H groups in total. The van der Waals surface area contributed by atoms with Crippen molar-refractivity contribution in [3.8, 4) is 5.75 Å². The van der Waals surface area contributed by atoms with Gasteiger partial charge in [0.1, 0.15) is 11.9 Å². The molecule has 0 spiro atoms. The Kier molecular flexibility index (Phi) is 3.22. The Morgan fingerprint density at radius 2 is 1.94 bits per heavy atom. The highest BCUT2D eigenvalue weighted by Gasteiger charge is 2.35. The minimum absolute atomic E-state index is 0.156. The molecule has 3 rings (SSSR count). The maximum absolute atomic E-state index is 12.0. The Labute approximate surface area is 108 Å². The molecule has 18 heavy (non-hydrogen) atoms. The number of amides is 1. The SMILES string of the molecule is O=C(C1CC1)N1CCCC(Oc2ccccc2)C1. The molecule has 1 heterocycles. The predicted molar refractivity (Wildman–Crippen MR) is 69.4 cm³/mol. The van der Waals surface area contributed by atoms with Gasteiger partial charge < -0.3 is 9.64 Å². The van der Waals surface area contributed by atoms with Gasteiger partial charge in [-0.05, 0) is 37.8 Å². The Balaban J connectivity index is 1.58. The number of benzene rings is 1. The molecular formula is C15H19NO2. The number of nitrogens with zero attached hydrogens (tertiary/aromatic N) is 1. The van der Waals surface area contributed by atoms with Crippen LogP contribution in [-0.2, 0) is 4.79 Å². The van der Waals surface area contributed by atoms with Crippen LogP contribution < -0.4 is 4.74 Å². The van der Waals surface area contributed by atoms with Crippen LogP contribution >= 0.6 is 0 Å². The molecule has 96 valence electrons. The van der Waals surface area contributed by atoms with Crippen molar-refractivity contribution in [3.63, 3.8) is 0 Å². The van der Waals surface area contributed by atoms with Gasteiger partial charge in [0.25, 0.3) is 0 Å². The fourth-order valence-corrected chi connectivity index (χ4v) is 2.51. The van der Waals surface area contributed by atoms with Gasteiger partial charge in [-0.25, -0.2) is 0 Å². The molecule has 1 aliphatic carbocycles. The summed E-state index contributed by atoms with van der Waals surface area (Å²) in [7, 11) is 0. The summed E-state index contributed by atoms with van der Waals surface area (Å²) >= 11 is 0. The maximum atomic E-state index is 12.0. The van der Waals surface area contributed by atoms with E-state index >= 15 is 0 Å².